The Morgan fingerprint density at radius 1 is 1.00 bits per heavy atom. The number of rotatable bonds is 5. The van der Waals surface area contributed by atoms with Crippen molar-refractivity contribution in [2.45, 2.75) is 44.3 Å². The SMILES string of the molecule is CC1CN2CC(c3ccccc3)N(Cc3ccccc3)CC2CC1(C)c1cccc(C(=O)N=[N+]=[N-])c1. The van der Waals surface area contributed by atoms with E-state index >= 15 is 0 Å². The summed E-state index contributed by atoms with van der Waals surface area (Å²) in [6, 6.07) is 30.1. The van der Waals surface area contributed by atoms with Gasteiger partial charge in [0, 0.05) is 48.7 Å². The molecule has 2 aliphatic rings. The van der Waals surface area contributed by atoms with Crippen LogP contribution in [-0.2, 0) is 12.0 Å². The van der Waals surface area contributed by atoms with Gasteiger partial charge in [0.2, 0.25) is 5.91 Å². The number of carbonyl (C=O) groups is 1. The number of nitrogens with zero attached hydrogens (tertiary/aromatic N) is 5. The van der Waals surface area contributed by atoms with Gasteiger partial charge in [0.1, 0.15) is 0 Å². The zero-order valence-electron chi connectivity index (χ0n) is 21.0. The Hall–Kier alpha value is -3.44. The highest BCUT2D eigenvalue weighted by molar-refractivity contribution is 5.95. The number of hydrogen-bond donors (Lipinski definition) is 0. The zero-order chi connectivity index (χ0) is 25.1. The summed E-state index contributed by atoms with van der Waals surface area (Å²) in [5.74, 6) is -0.110. The lowest BCUT2D eigenvalue weighted by molar-refractivity contribution is -0.0351. The molecule has 0 bridgehead atoms. The monoisotopic (exact) mass is 479 g/mol. The van der Waals surface area contributed by atoms with E-state index in [1.54, 1.807) is 6.07 Å². The molecular formula is C30H33N5O. The molecule has 0 saturated carbocycles. The second kappa shape index (κ2) is 10.3. The highest BCUT2D eigenvalue weighted by Gasteiger charge is 2.46. The van der Waals surface area contributed by atoms with Gasteiger partial charge in [-0.3, -0.25) is 14.6 Å². The minimum absolute atomic E-state index is 0.0776. The van der Waals surface area contributed by atoms with Gasteiger partial charge in [-0.25, -0.2) is 0 Å². The van der Waals surface area contributed by atoms with E-state index in [0.29, 0.717) is 23.6 Å². The summed E-state index contributed by atoms with van der Waals surface area (Å²) in [5.41, 5.74) is 12.9. The maximum atomic E-state index is 12.2. The Morgan fingerprint density at radius 3 is 2.44 bits per heavy atom. The van der Waals surface area contributed by atoms with Crippen molar-refractivity contribution >= 4 is 5.91 Å². The van der Waals surface area contributed by atoms with E-state index in [0.717, 1.165) is 38.2 Å². The zero-order valence-corrected chi connectivity index (χ0v) is 21.0. The van der Waals surface area contributed by atoms with Crippen LogP contribution in [0.1, 0.15) is 53.4 Å². The second-order valence-corrected chi connectivity index (χ2v) is 10.5. The lowest BCUT2D eigenvalue weighted by Gasteiger charge is -2.55. The maximum Gasteiger partial charge on any atom is 0.249 e. The van der Waals surface area contributed by atoms with Crippen LogP contribution in [0.2, 0.25) is 0 Å². The Morgan fingerprint density at radius 2 is 1.72 bits per heavy atom. The van der Waals surface area contributed by atoms with Gasteiger partial charge in [-0.1, -0.05) is 92.7 Å². The molecule has 5 rings (SSSR count). The van der Waals surface area contributed by atoms with Gasteiger partial charge < -0.3 is 0 Å². The van der Waals surface area contributed by atoms with E-state index in [-0.39, 0.29) is 5.41 Å². The van der Waals surface area contributed by atoms with E-state index < -0.39 is 5.91 Å². The lowest BCUT2D eigenvalue weighted by Crippen LogP contribution is -2.61. The summed E-state index contributed by atoms with van der Waals surface area (Å²) >= 11 is 0. The maximum absolute atomic E-state index is 12.2. The second-order valence-electron chi connectivity index (χ2n) is 10.5. The van der Waals surface area contributed by atoms with Gasteiger partial charge in [0.05, 0.1) is 0 Å². The molecule has 0 aliphatic carbocycles. The molecule has 2 heterocycles. The number of hydrogen-bond acceptors (Lipinski definition) is 3. The normalized spacial score (nSPS) is 26.6. The summed E-state index contributed by atoms with van der Waals surface area (Å²) in [7, 11) is 0. The van der Waals surface area contributed by atoms with Gasteiger partial charge >= 0.3 is 0 Å². The minimum Gasteiger partial charge on any atom is -0.297 e. The van der Waals surface area contributed by atoms with Crippen LogP contribution in [0, 0.1) is 5.92 Å². The van der Waals surface area contributed by atoms with E-state index in [4.69, 9.17) is 5.53 Å². The van der Waals surface area contributed by atoms with E-state index in [1.807, 2.05) is 12.1 Å². The molecule has 4 atom stereocenters. The van der Waals surface area contributed by atoms with Gasteiger partial charge in [0.25, 0.3) is 0 Å². The first-order chi connectivity index (χ1) is 17.5. The standard InChI is InChI=1S/C30H33N5O/c1-22-18-34-21-28(24-12-7-4-8-13-24)35(19-23-10-5-3-6-11-23)20-27(34)17-30(22,2)26-15-9-14-25(16-26)29(36)32-33-31/h3-16,22,27-28H,17-21H2,1-2H3. The van der Waals surface area contributed by atoms with Crippen LogP contribution >= 0.6 is 0 Å². The van der Waals surface area contributed by atoms with Crippen LogP contribution in [-0.4, -0.2) is 41.4 Å². The third-order valence-corrected chi connectivity index (χ3v) is 8.38. The Bertz CT molecular complexity index is 1260. The number of carbonyl (C=O) groups excluding carboxylic acids is 1. The first kappa shape index (κ1) is 24.3. The van der Waals surface area contributed by atoms with E-state index in [9.17, 15) is 4.79 Å². The third-order valence-electron chi connectivity index (χ3n) is 8.38. The molecule has 6 heteroatoms. The van der Waals surface area contributed by atoms with Crippen molar-refractivity contribution in [2.24, 2.45) is 11.0 Å². The lowest BCUT2D eigenvalue weighted by atomic mass is 9.65. The molecule has 0 N–H and O–H groups in total. The fourth-order valence-corrected chi connectivity index (χ4v) is 6.15. The summed E-state index contributed by atoms with van der Waals surface area (Å²) in [5, 5.41) is 3.30. The van der Waals surface area contributed by atoms with Crippen LogP contribution in [0.5, 0.6) is 0 Å². The Balaban J connectivity index is 1.43. The number of benzene rings is 3. The highest BCUT2D eigenvalue weighted by Crippen LogP contribution is 2.45. The van der Waals surface area contributed by atoms with Crippen LogP contribution in [0.15, 0.2) is 90.0 Å². The van der Waals surface area contributed by atoms with Crippen LogP contribution in [0.4, 0.5) is 0 Å². The number of azide groups is 1. The molecular weight excluding hydrogens is 446 g/mol. The molecule has 3 aromatic rings. The Labute approximate surface area is 213 Å². The van der Waals surface area contributed by atoms with E-state index in [2.05, 4.69) is 100 Å². The van der Waals surface area contributed by atoms with Gasteiger partial charge in [-0.15, -0.1) is 0 Å². The summed E-state index contributed by atoms with van der Waals surface area (Å²) in [6.07, 6.45) is 1.01. The molecule has 0 spiro atoms. The van der Waals surface area contributed by atoms with Crippen molar-refractivity contribution in [3.63, 3.8) is 0 Å². The molecule has 2 aliphatic heterocycles. The minimum atomic E-state index is -0.523. The summed E-state index contributed by atoms with van der Waals surface area (Å²) in [4.78, 5) is 20.2. The van der Waals surface area contributed by atoms with Crippen molar-refractivity contribution in [3.8, 4) is 0 Å². The van der Waals surface area contributed by atoms with Gasteiger partial charge in [-0.2, -0.15) is 0 Å². The molecule has 0 aromatic heterocycles. The molecule has 0 radical (unpaired) electrons. The van der Waals surface area contributed by atoms with Gasteiger partial charge in [-0.05, 0) is 51.2 Å². The van der Waals surface area contributed by atoms with Crippen LogP contribution < -0.4 is 0 Å². The van der Waals surface area contributed by atoms with Crippen molar-refractivity contribution in [2.75, 3.05) is 19.6 Å². The van der Waals surface area contributed by atoms with Crippen molar-refractivity contribution in [1.29, 1.82) is 0 Å². The fourth-order valence-electron chi connectivity index (χ4n) is 6.15. The van der Waals surface area contributed by atoms with Crippen molar-refractivity contribution < 1.29 is 4.79 Å². The first-order valence-electron chi connectivity index (χ1n) is 12.7. The largest absolute Gasteiger partial charge is 0.297 e. The van der Waals surface area contributed by atoms with Crippen molar-refractivity contribution in [3.05, 3.63) is 118 Å². The predicted molar refractivity (Wildman–Crippen MR) is 142 cm³/mol. The van der Waals surface area contributed by atoms with Crippen LogP contribution in [0.3, 0.4) is 0 Å². The number of piperidine rings is 1. The van der Waals surface area contributed by atoms with Crippen molar-refractivity contribution in [1.82, 2.24) is 9.80 Å². The molecule has 1 amide bonds. The number of fused-ring (bicyclic) bond motifs is 1. The third kappa shape index (κ3) is 4.80. The quantitative estimate of drug-likeness (QED) is 0.243. The highest BCUT2D eigenvalue weighted by atomic mass is 16.1. The Kier molecular flexibility index (Phi) is 6.92. The molecule has 3 aromatic carbocycles. The molecule has 2 saturated heterocycles. The first-order valence-corrected chi connectivity index (χ1v) is 12.7. The molecule has 184 valence electrons. The summed E-state index contributed by atoms with van der Waals surface area (Å²) in [6.45, 7) is 8.60. The average Bonchev–Trinajstić information content (AvgIpc) is 2.90. The predicted octanol–water partition coefficient (Wildman–Crippen LogP) is 6.36. The van der Waals surface area contributed by atoms with Crippen LogP contribution in [0.25, 0.3) is 10.4 Å². The molecule has 36 heavy (non-hydrogen) atoms. The smallest absolute Gasteiger partial charge is 0.249 e. The number of amides is 1. The molecule has 6 nitrogen and oxygen atoms in total. The van der Waals surface area contributed by atoms with E-state index in [1.165, 1.54) is 11.1 Å². The molecule has 4 unspecified atom stereocenters. The number of piperazine rings is 1. The summed E-state index contributed by atoms with van der Waals surface area (Å²) < 4.78 is 0. The molecule has 2 fully saturated rings. The fraction of sp³-hybridized carbons (Fsp3) is 0.367. The van der Waals surface area contributed by atoms with Gasteiger partial charge in [0.15, 0.2) is 0 Å². The topological polar surface area (TPSA) is 72.3 Å². The average molecular weight is 480 g/mol.